The molecule has 8 nitrogen and oxygen atoms in total. The molecule has 1 amide bonds. The predicted molar refractivity (Wildman–Crippen MR) is 141 cm³/mol. The van der Waals surface area contributed by atoms with E-state index >= 15 is 0 Å². The number of pyridine rings is 2. The molecule has 0 aliphatic carbocycles. The summed E-state index contributed by atoms with van der Waals surface area (Å²) in [6.45, 7) is 1.98. The Hall–Kier alpha value is -4.85. The molecule has 2 aromatic carbocycles. The average molecular weight is 474 g/mol. The lowest BCUT2D eigenvalue weighted by Gasteiger charge is -2.07. The molecule has 0 saturated heterocycles. The second-order valence-electron chi connectivity index (χ2n) is 8.62. The number of benzene rings is 2. The number of para-hydroxylation sites is 1. The van der Waals surface area contributed by atoms with Crippen molar-refractivity contribution in [3.8, 4) is 33.8 Å². The Morgan fingerprint density at radius 1 is 0.917 bits per heavy atom. The Balaban J connectivity index is 1.40. The van der Waals surface area contributed by atoms with Crippen molar-refractivity contribution in [2.45, 2.75) is 19.8 Å². The van der Waals surface area contributed by atoms with Gasteiger partial charge in [-0.05, 0) is 42.3 Å². The van der Waals surface area contributed by atoms with E-state index in [1.807, 2.05) is 61.7 Å². The number of anilines is 1. The van der Waals surface area contributed by atoms with Gasteiger partial charge in [-0.3, -0.25) is 19.9 Å². The summed E-state index contributed by atoms with van der Waals surface area (Å²) in [6, 6.07) is 18.0. The van der Waals surface area contributed by atoms with Gasteiger partial charge in [0.2, 0.25) is 5.91 Å². The van der Waals surface area contributed by atoms with Crippen LogP contribution in [-0.2, 0) is 4.79 Å². The molecule has 36 heavy (non-hydrogen) atoms. The minimum Gasteiger partial charge on any atom is -0.337 e. The van der Waals surface area contributed by atoms with Crippen molar-refractivity contribution < 1.29 is 4.79 Å². The number of carbonyl (C=O) groups excluding carboxylic acids is 1. The summed E-state index contributed by atoms with van der Waals surface area (Å²) in [6.07, 6.45) is 8.33. The molecule has 0 fully saturated rings. The van der Waals surface area contributed by atoms with Crippen molar-refractivity contribution in [3.63, 3.8) is 0 Å². The number of rotatable bonds is 6. The molecule has 0 spiro atoms. The van der Waals surface area contributed by atoms with Crippen LogP contribution in [0.2, 0.25) is 0 Å². The lowest BCUT2D eigenvalue weighted by atomic mass is 10.0. The predicted octanol–water partition coefficient (Wildman–Crippen LogP) is 5.97. The summed E-state index contributed by atoms with van der Waals surface area (Å²) in [5.74, 6) is 0.669. The van der Waals surface area contributed by atoms with Crippen LogP contribution in [0.3, 0.4) is 0 Å². The van der Waals surface area contributed by atoms with E-state index < -0.39 is 0 Å². The second kappa shape index (κ2) is 9.07. The third-order valence-electron chi connectivity index (χ3n) is 6.10. The fourth-order valence-electron chi connectivity index (χ4n) is 4.39. The maximum Gasteiger partial charge on any atom is 0.224 e. The first kappa shape index (κ1) is 21.7. The minimum absolute atomic E-state index is 0.0143. The SMILES string of the molecule is CCCC(=O)Nc1cncc(-c2ccc3[nH]nc(-c4nc5c(-c6cccnc6)cccc5[nH]4)c3c2)c1. The van der Waals surface area contributed by atoms with Crippen molar-refractivity contribution in [1.82, 2.24) is 30.1 Å². The molecule has 8 heteroatoms. The van der Waals surface area contributed by atoms with Crippen LogP contribution in [0, 0.1) is 0 Å². The summed E-state index contributed by atoms with van der Waals surface area (Å²) in [4.78, 5) is 29.0. The molecular weight excluding hydrogens is 450 g/mol. The van der Waals surface area contributed by atoms with E-state index in [-0.39, 0.29) is 5.91 Å². The monoisotopic (exact) mass is 473 g/mol. The number of hydrogen-bond acceptors (Lipinski definition) is 5. The Morgan fingerprint density at radius 3 is 2.69 bits per heavy atom. The fourth-order valence-corrected chi connectivity index (χ4v) is 4.39. The number of carbonyl (C=O) groups is 1. The summed E-state index contributed by atoms with van der Waals surface area (Å²) >= 11 is 0. The Kier molecular flexibility index (Phi) is 5.46. The Bertz CT molecular complexity index is 1700. The highest BCUT2D eigenvalue weighted by molar-refractivity contribution is 5.98. The lowest BCUT2D eigenvalue weighted by molar-refractivity contribution is -0.116. The van der Waals surface area contributed by atoms with E-state index in [9.17, 15) is 4.79 Å². The van der Waals surface area contributed by atoms with Crippen molar-refractivity contribution in [1.29, 1.82) is 0 Å². The fraction of sp³-hybridized carbons (Fsp3) is 0.107. The molecule has 0 saturated carbocycles. The van der Waals surface area contributed by atoms with Gasteiger partial charge in [0.1, 0.15) is 5.69 Å². The summed E-state index contributed by atoms with van der Waals surface area (Å²) < 4.78 is 0. The number of hydrogen-bond donors (Lipinski definition) is 3. The maximum atomic E-state index is 12.0. The minimum atomic E-state index is -0.0143. The number of nitrogens with one attached hydrogen (secondary N) is 3. The van der Waals surface area contributed by atoms with Gasteiger partial charge in [-0.2, -0.15) is 5.10 Å². The van der Waals surface area contributed by atoms with E-state index in [1.54, 1.807) is 18.6 Å². The molecule has 4 heterocycles. The highest BCUT2D eigenvalue weighted by atomic mass is 16.1. The van der Waals surface area contributed by atoms with Gasteiger partial charge in [0, 0.05) is 47.1 Å². The van der Waals surface area contributed by atoms with Crippen LogP contribution in [0.1, 0.15) is 19.8 Å². The number of aromatic amines is 2. The molecule has 6 aromatic rings. The topological polar surface area (TPSA) is 112 Å². The second-order valence-corrected chi connectivity index (χ2v) is 8.62. The molecule has 0 radical (unpaired) electrons. The van der Waals surface area contributed by atoms with E-state index in [0.717, 1.165) is 56.3 Å². The van der Waals surface area contributed by atoms with Gasteiger partial charge >= 0.3 is 0 Å². The van der Waals surface area contributed by atoms with Crippen LogP contribution >= 0.6 is 0 Å². The Morgan fingerprint density at radius 2 is 1.83 bits per heavy atom. The van der Waals surface area contributed by atoms with Crippen LogP contribution < -0.4 is 5.32 Å². The highest BCUT2D eigenvalue weighted by Gasteiger charge is 2.16. The third kappa shape index (κ3) is 3.98. The van der Waals surface area contributed by atoms with Gasteiger partial charge in [0.05, 0.1) is 28.4 Å². The Labute approximate surface area is 206 Å². The summed E-state index contributed by atoms with van der Waals surface area (Å²) in [5.41, 5.74) is 8.01. The summed E-state index contributed by atoms with van der Waals surface area (Å²) in [5, 5.41) is 11.5. The lowest BCUT2D eigenvalue weighted by Crippen LogP contribution is -2.10. The number of nitrogens with zero attached hydrogens (tertiary/aromatic N) is 4. The van der Waals surface area contributed by atoms with Gasteiger partial charge in [-0.1, -0.05) is 31.2 Å². The van der Waals surface area contributed by atoms with Crippen LogP contribution in [-0.4, -0.2) is 36.0 Å². The quantitative estimate of drug-likeness (QED) is 0.276. The molecule has 0 unspecified atom stereocenters. The first-order valence-corrected chi connectivity index (χ1v) is 11.8. The van der Waals surface area contributed by atoms with Crippen molar-refractivity contribution in [2.75, 3.05) is 5.32 Å². The first-order valence-electron chi connectivity index (χ1n) is 11.8. The number of fused-ring (bicyclic) bond motifs is 2. The molecule has 0 aliphatic heterocycles. The molecule has 4 aromatic heterocycles. The normalized spacial score (nSPS) is 11.2. The first-order chi connectivity index (χ1) is 17.7. The van der Waals surface area contributed by atoms with Crippen LogP contribution in [0.4, 0.5) is 5.69 Å². The molecular formula is C28H23N7O. The zero-order valence-corrected chi connectivity index (χ0v) is 19.6. The van der Waals surface area contributed by atoms with Gasteiger partial charge in [-0.15, -0.1) is 0 Å². The average Bonchev–Trinajstić information content (AvgIpc) is 3.53. The van der Waals surface area contributed by atoms with Gasteiger partial charge in [-0.25, -0.2) is 4.98 Å². The summed E-state index contributed by atoms with van der Waals surface area (Å²) in [7, 11) is 0. The van der Waals surface area contributed by atoms with E-state index in [2.05, 4.69) is 36.5 Å². The van der Waals surface area contributed by atoms with E-state index in [0.29, 0.717) is 17.9 Å². The van der Waals surface area contributed by atoms with Gasteiger partial charge < -0.3 is 10.3 Å². The van der Waals surface area contributed by atoms with Crippen molar-refractivity contribution in [2.24, 2.45) is 0 Å². The molecule has 176 valence electrons. The van der Waals surface area contributed by atoms with Crippen LogP contribution in [0.5, 0.6) is 0 Å². The zero-order chi connectivity index (χ0) is 24.5. The van der Waals surface area contributed by atoms with Gasteiger partial charge in [0.15, 0.2) is 5.82 Å². The van der Waals surface area contributed by atoms with Crippen molar-refractivity contribution >= 4 is 33.5 Å². The van der Waals surface area contributed by atoms with E-state index in [1.165, 1.54) is 0 Å². The zero-order valence-electron chi connectivity index (χ0n) is 19.6. The maximum absolute atomic E-state index is 12.0. The van der Waals surface area contributed by atoms with Crippen LogP contribution in [0.15, 0.2) is 79.4 Å². The highest BCUT2D eigenvalue weighted by Crippen LogP contribution is 2.33. The number of amides is 1. The molecule has 0 bridgehead atoms. The number of H-pyrrole nitrogens is 2. The van der Waals surface area contributed by atoms with E-state index in [4.69, 9.17) is 4.98 Å². The standard InChI is InChI=1S/C28H23N7O/c1-2-5-25(36)31-20-12-19(15-30-16-20)17-9-10-23-22(13-17)27(35-34-23)28-32-24-8-3-7-21(26(24)33-28)18-6-4-11-29-14-18/h3-4,6-16H,2,5H2,1H3,(H,31,36)(H,32,33)(H,34,35). The molecule has 6 rings (SSSR count). The molecule has 0 atom stereocenters. The number of aromatic nitrogens is 6. The van der Waals surface area contributed by atoms with Gasteiger partial charge in [0.25, 0.3) is 0 Å². The molecule has 0 aliphatic rings. The smallest absolute Gasteiger partial charge is 0.224 e. The largest absolute Gasteiger partial charge is 0.337 e. The number of imidazole rings is 1. The van der Waals surface area contributed by atoms with Crippen LogP contribution in [0.25, 0.3) is 55.7 Å². The van der Waals surface area contributed by atoms with Crippen molar-refractivity contribution in [3.05, 3.63) is 79.4 Å². The third-order valence-corrected chi connectivity index (χ3v) is 6.10. The molecule has 3 N–H and O–H groups in total.